The van der Waals surface area contributed by atoms with Gasteiger partial charge >= 0.3 is 0 Å². The molecule has 1 amide bonds. The summed E-state index contributed by atoms with van der Waals surface area (Å²) in [7, 11) is 1.61. The highest BCUT2D eigenvalue weighted by molar-refractivity contribution is 6.18. The first-order chi connectivity index (χ1) is 9.69. The maximum Gasteiger partial charge on any atom is 0.225 e. The minimum absolute atomic E-state index is 0.0305. The lowest BCUT2D eigenvalue weighted by molar-refractivity contribution is -0.123. The van der Waals surface area contributed by atoms with Gasteiger partial charge in [0, 0.05) is 24.7 Å². The van der Waals surface area contributed by atoms with Gasteiger partial charge in [-0.1, -0.05) is 18.2 Å². The number of nitrogens with one attached hydrogen (secondary N) is 1. The third kappa shape index (κ3) is 3.64. The molecule has 1 saturated heterocycles. The van der Waals surface area contributed by atoms with Gasteiger partial charge in [0.2, 0.25) is 5.91 Å². The Morgan fingerprint density at radius 1 is 1.40 bits per heavy atom. The van der Waals surface area contributed by atoms with Crippen molar-refractivity contribution in [2.24, 2.45) is 0 Å². The molecule has 5 heteroatoms. The van der Waals surface area contributed by atoms with Gasteiger partial charge in [0.15, 0.2) is 0 Å². The van der Waals surface area contributed by atoms with Crippen molar-refractivity contribution in [2.45, 2.75) is 24.8 Å². The van der Waals surface area contributed by atoms with E-state index in [0.717, 1.165) is 24.2 Å². The lowest BCUT2D eigenvalue weighted by Gasteiger charge is -2.36. The molecule has 0 unspecified atom stereocenters. The summed E-state index contributed by atoms with van der Waals surface area (Å²) in [5, 5.41) is 3.08. The summed E-state index contributed by atoms with van der Waals surface area (Å²) in [5.41, 5.74) is 0.545. The van der Waals surface area contributed by atoms with Crippen molar-refractivity contribution in [3.63, 3.8) is 0 Å². The van der Waals surface area contributed by atoms with Crippen LogP contribution < -0.4 is 10.1 Å². The number of halogens is 1. The van der Waals surface area contributed by atoms with E-state index in [9.17, 15) is 4.79 Å². The summed E-state index contributed by atoms with van der Waals surface area (Å²) in [6.45, 7) is 1.28. The Kier molecular flexibility index (Phi) is 5.26. The van der Waals surface area contributed by atoms with E-state index in [2.05, 4.69) is 5.32 Å². The number of ether oxygens (including phenoxy) is 2. The Balaban J connectivity index is 2.01. The number of rotatable bonds is 5. The summed E-state index contributed by atoms with van der Waals surface area (Å²) in [5.74, 6) is 1.11. The molecule has 0 aromatic heterocycles. The van der Waals surface area contributed by atoms with Crippen LogP contribution in [-0.4, -0.2) is 37.6 Å². The molecule has 20 heavy (non-hydrogen) atoms. The van der Waals surface area contributed by atoms with Crippen LogP contribution in [0.5, 0.6) is 5.75 Å². The zero-order valence-electron chi connectivity index (χ0n) is 11.7. The van der Waals surface area contributed by atoms with Crippen molar-refractivity contribution in [3.8, 4) is 5.75 Å². The molecule has 1 aliphatic rings. The molecule has 2 rings (SSSR count). The first-order valence-corrected chi connectivity index (χ1v) is 7.29. The summed E-state index contributed by atoms with van der Waals surface area (Å²) in [4.78, 5) is 12.2. The number of hydrogen-bond acceptors (Lipinski definition) is 3. The molecular weight excluding hydrogens is 278 g/mol. The lowest BCUT2D eigenvalue weighted by Crippen LogP contribution is -2.53. The molecule has 4 nitrogen and oxygen atoms in total. The van der Waals surface area contributed by atoms with Crippen molar-refractivity contribution in [3.05, 3.63) is 29.8 Å². The molecule has 0 bridgehead atoms. The lowest BCUT2D eigenvalue weighted by atomic mass is 9.92. The van der Waals surface area contributed by atoms with Crippen LogP contribution in [0.4, 0.5) is 0 Å². The van der Waals surface area contributed by atoms with Crippen LogP contribution in [0.15, 0.2) is 24.3 Å². The van der Waals surface area contributed by atoms with E-state index < -0.39 is 0 Å². The molecular formula is C15H20ClNO3. The zero-order chi connectivity index (χ0) is 14.4. The molecule has 0 spiro atoms. The second-order valence-electron chi connectivity index (χ2n) is 5.06. The number of amides is 1. The highest BCUT2D eigenvalue weighted by Crippen LogP contribution is 2.23. The summed E-state index contributed by atoms with van der Waals surface area (Å²) >= 11 is 6.05. The zero-order valence-corrected chi connectivity index (χ0v) is 12.4. The molecule has 1 aromatic carbocycles. The van der Waals surface area contributed by atoms with Crippen LogP contribution in [0.3, 0.4) is 0 Å². The Morgan fingerprint density at radius 3 is 2.75 bits per heavy atom. The fourth-order valence-electron chi connectivity index (χ4n) is 2.42. The summed E-state index contributed by atoms with van der Waals surface area (Å²) in [6.07, 6.45) is 1.81. The van der Waals surface area contributed by atoms with Crippen molar-refractivity contribution in [1.29, 1.82) is 0 Å². The van der Waals surface area contributed by atoms with Crippen molar-refractivity contribution in [1.82, 2.24) is 5.32 Å². The molecule has 0 saturated carbocycles. The van der Waals surface area contributed by atoms with Crippen LogP contribution in [0, 0.1) is 0 Å². The monoisotopic (exact) mass is 297 g/mol. The molecule has 1 N–H and O–H groups in total. The van der Waals surface area contributed by atoms with E-state index in [4.69, 9.17) is 21.1 Å². The Bertz CT molecular complexity index is 458. The number of para-hydroxylation sites is 1. The van der Waals surface area contributed by atoms with Gasteiger partial charge in [-0.3, -0.25) is 4.79 Å². The molecule has 0 aliphatic carbocycles. The smallest absolute Gasteiger partial charge is 0.225 e. The van der Waals surface area contributed by atoms with E-state index in [1.54, 1.807) is 7.11 Å². The van der Waals surface area contributed by atoms with Gasteiger partial charge in [0.1, 0.15) is 5.75 Å². The van der Waals surface area contributed by atoms with Crippen LogP contribution >= 0.6 is 11.6 Å². The van der Waals surface area contributed by atoms with E-state index >= 15 is 0 Å². The topological polar surface area (TPSA) is 47.6 Å². The van der Waals surface area contributed by atoms with E-state index in [0.29, 0.717) is 25.5 Å². The van der Waals surface area contributed by atoms with Gasteiger partial charge < -0.3 is 14.8 Å². The van der Waals surface area contributed by atoms with Crippen molar-refractivity contribution >= 4 is 17.5 Å². The quantitative estimate of drug-likeness (QED) is 0.847. The van der Waals surface area contributed by atoms with E-state index in [-0.39, 0.29) is 11.4 Å². The van der Waals surface area contributed by atoms with Crippen LogP contribution in [0.1, 0.15) is 18.4 Å². The van der Waals surface area contributed by atoms with Crippen molar-refractivity contribution < 1.29 is 14.3 Å². The number of carbonyl (C=O) groups is 1. The first kappa shape index (κ1) is 15.1. The minimum Gasteiger partial charge on any atom is -0.496 e. The second kappa shape index (κ2) is 6.95. The molecule has 1 aliphatic heterocycles. The van der Waals surface area contributed by atoms with E-state index in [1.807, 2.05) is 24.3 Å². The number of carbonyl (C=O) groups excluding carboxylic acids is 1. The number of alkyl halides is 1. The van der Waals surface area contributed by atoms with Gasteiger partial charge in [-0.25, -0.2) is 0 Å². The third-order valence-corrected chi connectivity index (χ3v) is 4.17. The molecule has 1 heterocycles. The highest BCUT2D eigenvalue weighted by atomic mass is 35.5. The highest BCUT2D eigenvalue weighted by Gasteiger charge is 2.33. The normalized spacial score (nSPS) is 17.5. The fourth-order valence-corrected chi connectivity index (χ4v) is 2.75. The van der Waals surface area contributed by atoms with Gasteiger partial charge in [-0.05, 0) is 18.9 Å². The second-order valence-corrected chi connectivity index (χ2v) is 5.33. The average molecular weight is 298 g/mol. The van der Waals surface area contributed by atoms with Crippen molar-refractivity contribution in [2.75, 3.05) is 26.2 Å². The van der Waals surface area contributed by atoms with Gasteiger partial charge in [0.05, 0.1) is 19.1 Å². The SMILES string of the molecule is COc1ccccc1CC(=O)NC1(CCl)CCOCC1. The largest absolute Gasteiger partial charge is 0.496 e. The predicted octanol–water partition coefficient (Wildman–Crippen LogP) is 2.14. The maximum atomic E-state index is 12.2. The van der Waals surface area contributed by atoms with Crippen LogP contribution in [0.25, 0.3) is 0 Å². The minimum atomic E-state index is -0.334. The fraction of sp³-hybridized carbons (Fsp3) is 0.533. The van der Waals surface area contributed by atoms with E-state index in [1.165, 1.54) is 0 Å². The molecule has 1 fully saturated rings. The molecule has 0 atom stereocenters. The van der Waals surface area contributed by atoms with Crippen LogP contribution in [-0.2, 0) is 16.0 Å². The summed E-state index contributed by atoms with van der Waals surface area (Å²) < 4.78 is 10.6. The van der Waals surface area contributed by atoms with Gasteiger partial charge in [-0.2, -0.15) is 0 Å². The molecule has 0 radical (unpaired) electrons. The Labute approximate surface area is 124 Å². The number of hydrogen-bond donors (Lipinski definition) is 1. The summed E-state index contributed by atoms with van der Waals surface area (Å²) in [6, 6.07) is 7.54. The van der Waals surface area contributed by atoms with Gasteiger partial charge in [-0.15, -0.1) is 11.6 Å². The Hall–Kier alpha value is -1.26. The molecule has 1 aromatic rings. The van der Waals surface area contributed by atoms with Crippen LogP contribution in [0.2, 0.25) is 0 Å². The van der Waals surface area contributed by atoms with Gasteiger partial charge in [0.25, 0.3) is 0 Å². The third-order valence-electron chi connectivity index (χ3n) is 3.65. The predicted molar refractivity (Wildman–Crippen MR) is 78.3 cm³/mol. The number of methoxy groups -OCH3 is 1. The number of benzene rings is 1. The maximum absolute atomic E-state index is 12.2. The average Bonchev–Trinajstić information content (AvgIpc) is 2.48. The standard InChI is InChI=1S/C15H20ClNO3/c1-19-13-5-3-2-4-12(13)10-14(18)17-15(11-16)6-8-20-9-7-15/h2-5H,6-11H2,1H3,(H,17,18). The first-order valence-electron chi connectivity index (χ1n) is 6.76. The molecule has 110 valence electrons. The Morgan fingerprint density at radius 2 is 2.10 bits per heavy atom.